The Balaban J connectivity index is 2.09. The van der Waals surface area contributed by atoms with Crippen LogP contribution >= 0.6 is 0 Å². The van der Waals surface area contributed by atoms with Crippen LogP contribution in [0.4, 0.5) is 0 Å². The van der Waals surface area contributed by atoms with Gasteiger partial charge in [0.15, 0.2) is 17.3 Å². The summed E-state index contributed by atoms with van der Waals surface area (Å²) < 4.78 is 10.9. The molecule has 5 heteroatoms. The summed E-state index contributed by atoms with van der Waals surface area (Å²) in [5.74, 6) is 1.01. The van der Waals surface area contributed by atoms with Crippen molar-refractivity contribution in [2.45, 2.75) is 12.8 Å². The van der Waals surface area contributed by atoms with E-state index in [4.69, 9.17) is 20.0 Å². The van der Waals surface area contributed by atoms with Crippen LogP contribution in [-0.2, 0) is 0 Å². The zero-order valence-electron chi connectivity index (χ0n) is 14.4. The fourth-order valence-electron chi connectivity index (χ4n) is 2.22. The maximum absolute atomic E-state index is 12.2. The number of ketones is 1. The van der Waals surface area contributed by atoms with Crippen LogP contribution in [-0.4, -0.2) is 19.5 Å². The second-order valence-corrected chi connectivity index (χ2v) is 5.41. The van der Waals surface area contributed by atoms with Gasteiger partial charge in [0.05, 0.1) is 31.4 Å². The first-order valence-electron chi connectivity index (χ1n) is 8.08. The van der Waals surface area contributed by atoms with E-state index in [1.54, 1.807) is 49.6 Å². The monoisotopic (exact) mass is 346 g/mol. The van der Waals surface area contributed by atoms with E-state index >= 15 is 0 Å². The highest BCUT2D eigenvalue weighted by Crippen LogP contribution is 2.28. The summed E-state index contributed by atoms with van der Waals surface area (Å²) in [5.41, 5.74) is 1.82. The molecule has 0 amide bonds. The van der Waals surface area contributed by atoms with E-state index < -0.39 is 0 Å². The van der Waals surface area contributed by atoms with E-state index in [-0.39, 0.29) is 5.78 Å². The van der Waals surface area contributed by atoms with E-state index in [2.05, 4.69) is 6.07 Å². The second kappa shape index (κ2) is 9.66. The van der Waals surface area contributed by atoms with Gasteiger partial charge in [0.2, 0.25) is 0 Å². The quantitative estimate of drug-likeness (QED) is 0.407. The zero-order chi connectivity index (χ0) is 18.8. The molecule has 0 aliphatic rings. The average molecular weight is 346 g/mol. The van der Waals surface area contributed by atoms with Crippen molar-refractivity contribution in [2.75, 3.05) is 13.7 Å². The maximum atomic E-state index is 12.2. The van der Waals surface area contributed by atoms with Gasteiger partial charge in [-0.2, -0.15) is 10.5 Å². The summed E-state index contributed by atoms with van der Waals surface area (Å²) >= 11 is 0. The van der Waals surface area contributed by atoms with Gasteiger partial charge in [-0.15, -0.1) is 0 Å². The molecule has 0 unspecified atom stereocenters. The van der Waals surface area contributed by atoms with E-state index in [1.807, 2.05) is 12.1 Å². The largest absolute Gasteiger partial charge is 0.493 e. The molecule has 130 valence electrons. The van der Waals surface area contributed by atoms with Gasteiger partial charge in [-0.25, -0.2) is 0 Å². The molecular formula is C21H18N2O3. The molecule has 2 aromatic carbocycles. The van der Waals surface area contributed by atoms with Gasteiger partial charge in [-0.1, -0.05) is 12.1 Å². The predicted octanol–water partition coefficient (Wildman–Crippen LogP) is 4.15. The fourth-order valence-corrected chi connectivity index (χ4v) is 2.22. The number of nitriles is 2. The third-order valence-electron chi connectivity index (χ3n) is 3.60. The molecule has 0 bridgehead atoms. The van der Waals surface area contributed by atoms with Crippen LogP contribution in [0.3, 0.4) is 0 Å². The number of carbonyl (C=O) groups is 1. The normalized spacial score (nSPS) is 10.1. The Morgan fingerprint density at radius 1 is 1.12 bits per heavy atom. The van der Waals surface area contributed by atoms with Crippen molar-refractivity contribution in [1.82, 2.24) is 0 Å². The third-order valence-corrected chi connectivity index (χ3v) is 3.60. The van der Waals surface area contributed by atoms with Crippen LogP contribution in [0.15, 0.2) is 48.5 Å². The Bertz CT molecular complexity index is 872. The van der Waals surface area contributed by atoms with Crippen LogP contribution in [0.1, 0.15) is 34.3 Å². The number of methoxy groups -OCH3 is 1. The summed E-state index contributed by atoms with van der Waals surface area (Å²) in [6, 6.07) is 16.0. The lowest BCUT2D eigenvalue weighted by atomic mass is 10.1. The van der Waals surface area contributed by atoms with Crippen molar-refractivity contribution in [3.8, 4) is 23.6 Å². The van der Waals surface area contributed by atoms with Crippen molar-refractivity contribution in [1.29, 1.82) is 10.5 Å². The Morgan fingerprint density at radius 2 is 1.88 bits per heavy atom. The minimum Gasteiger partial charge on any atom is -0.493 e. The number of allylic oxidation sites excluding steroid dienone is 1. The highest BCUT2D eigenvalue weighted by molar-refractivity contribution is 6.06. The number of nitrogens with zero attached hydrogens (tertiary/aromatic N) is 2. The summed E-state index contributed by atoms with van der Waals surface area (Å²) in [7, 11) is 1.56. The Labute approximate surface area is 152 Å². The van der Waals surface area contributed by atoms with Gasteiger partial charge in [0.1, 0.15) is 0 Å². The predicted molar refractivity (Wildman–Crippen MR) is 97.9 cm³/mol. The van der Waals surface area contributed by atoms with Crippen LogP contribution in [0.5, 0.6) is 11.5 Å². The summed E-state index contributed by atoms with van der Waals surface area (Å²) in [5, 5.41) is 17.4. The number of ether oxygens (including phenoxy) is 2. The fraction of sp³-hybridized carbons (Fsp3) is 0.190. The summed E-state index contributed by atoms with van der Waals surface area (Å²) in [4.78, 5) is 12.2. The molecule has 0 aliphatic heterocycles. The van der Waals surface area contributed by atoms with E-state index in [0.717, 1.165) is 5.56 Å². The zero-order valence-corrected chi connectivity index (χ0v) is 14.4. The molecule has 0 saturated carbocycles. The van der Waals surface area contributed by atoms with Crippen molar-refractivity contribution in [2.24, 2.45) is 0 Å². The molecule has 0 saturated heterocycles. The van der Waals surface area contributed by atoms with Crippen molar-refractivity contribution < 1.29 is 14.3 Å². The Kier molecular flexibility index (Phi) is 6.97. The lowest BCUT2D eigenvalue weighted by Crippen LogP contribution is -1.99. The molecule has 26 heavy (non-hydrogen) atoms. The maximum Gasteiger partial charge on any atom is 0.185 e. The highest BCUT2D eigenvalue weighted by atomic mass is 16.5. The van der Waals surface area contributed by atoms with Gasteiger partial charge in [-0.05, 0) is 54.5 Å². The molecule has 0 aromatic heterocycles. The highest BCUT2D eigenvalue weighted by Gasteiger charge is 2.06. The lowest BCUT2D eigenvalue weighted by molar-refractivity contribution is 0.104. The molecule has 0 N–H and O–H groups in total. The van der Waals surface area contributed by atoms with E-state index in [9.17, 15) is 4.79 Å². The molecule has 2 aromatic rings. The standard InChI is InChI=1S/C21H18N2O3/c1-25-20-11-7-16(14-21(20)26-13-3-2-12-22)6-10-19(24)18-8-4-17(15-23)5-9-18/h4-11,14H,2-3,13H2,1H3/b10-6-. The van der Waals surface area contributed by atoms with Crippen molar-refractivity contribution in [3.63, 3.8) is 0 Å². The van der Waals surface area contributed by atoms with Crippen LogP contribution in [0.25, 0.3) is 6.08 Å². The smallest absolute Gasteiger partial charge is 0.185 e. The van der Waals surface area contributed by atoms with Gasteiger partial charge >= 0.3 is 0 Å². The first-order chi connectivity index (χ1) is 12.7. The molecule has 5 nitrogen and oxygen atoms in total. The molecule has 0 aliphatic carbocycles. The molecule has 0 atom stereocenters. The number of carbonyl (C=O) groups excluding carboxylic acids is 1. The molecular weight excluding hydrogens is 328 g/mol. The lowest BCUT2D eigenvalue weighted by Gasteiger charge is -2.10. The summed E-state index contributed by atoms with van der Waals surface area (Å²) in [6.07, 6.45) is 4.24. The van der Waals surface area contributed by atoms with Crippen molar-refractivity contribution in [3.05, 3.63) is 65.2 Å². The Morgan fingerprint density at radius 3 is 2.54 bits per heavy atom. The van der Waals surface area contributed by atoms with Crippen molar-refractivity contribution >= 4 is 11.9 Å². The van der Waals surface area contributed by atoms with Crippen LogP contribution in [0, 0.1) is 22.7 Å². The number of benzene rings is 2. The molecule has 0 heterocycles. The van der Waals surface area contributed by atoms with Gasteiger partial charge < -0.3 is 9.47 Å². The minimum absolute atomic E-state index is 0.151. The third kappa shape index (κ3) is 5.22. The SMILES string of the molecule is COc1ccc(/C=C\C(=O)c2ccc(C#N)cc2)cc1OCCCC#N. The van der Waals surface area contributed by atoms with Gasteiger partial charge in [-0.3, -0.25) is 4.79 Å². The second-order valence-electron chi connectivity index (χ2n) is 5.41. The first kappa shape index (κ1) is 18.8. The summed E-state index contributed by atoms with van der Waals surface area (Å²) in [6.45, 7) is 0.418. The van der Waals surface area contributed by atoms with E-state index in [1.165, 1.54) is 6.08 Å². The average Bonchev–Trinajstić information content (AvgIpc) is 2.69. The number of unbranched alkanes of at least 4 members (excludes halogenated alkanes) is 1. The van der Waals surface area contributed by atoms with Crippen LogP contribution < -0.4 is 9.47 Å². The number of rotatable bonds is 8. The number of hydrogen-bond acceptors (Lipinski definition) is 5. The van der Waals surface area contributed by atoms with Crippen LogP contribution in [0.2, 0.25) is 0 Å². The molecule has 0 fully saturated rings. The number of hydrogen-bond donors (Lipinski definition) is 0. The van der Waals surface area contributed by atoms with Gasteiger partial charge in [0, 0.05) is 12.0 Å². The first-order valence-corrected chi connectivity index (χ1v) is 8.08. The molecule has 0 spiro atoms. The minimum atomic E-state index is -0.151. The van der Waals surface area contributed by atoms with E-state index in [0.29, 0.717) is 42.1 Å². The topological polar surface area (TPSA) is 83.1 Å². The molecule has 0 radical (unpaired) electrons. The molecule has 2 rings (SSSR count). The van der Waals surface area contributed by atoms with Gasteiger partial charge in [0.25, 0.3) is 0 Å². The Hall–Kier alpha value is -3.57.